The van der Waals surface area contributed by atoms with Gasteiger partial charge in [0.2, 0.25) is 11.7 Å². The van der Waals surface area contributed by atoms with Crippen LogP contribution in [0.1, 0.15) is 27.5 Å². The lowest BCUT2D eigenvalue weighted by Gasteiger charge is -2.33. The second kappa shape index (κ2) is 13.8. The maximum absolute atomic E-state index is 14.4. The van der Waals surface area contributed by atoms with Crippen molar-refractivity contribution in [2.75, 3.05) is 45.2 Å². The Kier molecular flexibility index (Phi) is 9.46. The molecule has 0 radical (unpaired) electrons. The van der Waals surface area contributed by atoms with E-state index in [1.54, 1.807) is 79.1 Å². The minimum Gasteiger partial charge on any atom is -0.497 e. The summed E-state index contributed by atoms with van der Waals surface area (Å²) < 4.78 is 21.9. The summed E-state index contributed by atoms with van der Waals surface area (Å²) in [5, 5.41) is 2.89. The van der Waals surface area contributed by atoms with E-state index in [2.05, 4.69) is 10.3 Å². The van der Waals surface area contributed by atoms with Crippen LogP contribution in [0.4, 0.5) is 11.4 Å². The van der Waals surface area contributed by atoms with Crippen molar-refractivity contribution < 1.29 is 38.1 Å². The van der Waals surface area contributed by atoms with Gasteiger partial charge in [-0.15, -0.1) is 0 Å². The van der Waals surface area contributed by atoms with E-state index >= 15 is 0 Å². The molecule has 236 valence electrons. The molecule has 0 aliphatic carbocycles. The van der Waals surface area contributed by atoms with Gasteiger partial charge in [0.15, 0.2) is 11.5 Å². The number of pyridine rings is 1. The summed E-state index contributed by atoms with van der Waals surface area (Å²) in [4.78, 5) is 61.1. The van der Waals surface area contributed by atoms with Gasteiger partial charge in [0, 0.05) is 24.6 Å². The Morgan fingerprint density at radius 1 is 0.870 bits per heavy atom. The number of amides is 3. The number of nitrogens with one attached hydrogen (secondary N) is 1. The van der Waals surface area contributed by atoms with Crippen molar-refractivity contribution in [1.29, 1.82) is 0 Å². The molecule has 12 heteroatoms. The van der Waals surface area contributed by atoms with Crippen molar-refractivity contribution in [2.24, 2.45) is 0 Å². The van der Waals surface area contributed by atoms with Crippen LogP contribution in [-0.2, 0) is 20.9 Å². The first-order valence-electron chi connectivity index (χ1n) is 14.2. The number of hydrogen-bond donors (Lipinski definition) is 1. The average molecular weight is 625 g/mol. The number of para-hydroxylation sites is 1. The molecule has 1 N–H and O–H groups in total. The minimum atomic E-state index is -1.29. The lowest BCUT2D eigenvalue weighted by molar-refractivity contribution is -0.139. The SMILES string of the molecule is COc1ccc(NC(=O)C(c2cc(OC)c(OC)c(OC)c2)N(Cc2cccnc2)C(=O)CN2C(=O)C(=O)c3ccccc32)cc1. The summed E-state index contributed by atoms with van der Waals surface area (Å²) in [6, 6.07) is 18.5. The zero-order valence-electron chi connectivity index (χ0n) is 25.7. The number of carbonyl (C=O) groups is 4. The number of ether oxygens (including phenoxy) is 4. The molecule has 3 aromatic carbocycles. The van der Waals surface area contributed by atoms with Gasteiger partial charge in [-0.1, -0.05) is 18.2 Å². The van der Waals surface area contributed by atoms with Crippen molar-refractivity contribution >= 4 is 34.9 Å². The van der Waals surface area contributed by atoms with Gasteiger partial charge >= 0.3 is 0 Å². The number of Topliss-reactive ketones (excluding diaryl/α,β-unsaturated/α-hetero) is 1. The smallest absolute Gasteiger partial charge is 0.299 e. The second-order valence-electron chi connectivity index (χ2n) is 10.2. The van der Waals surface area contributed by atoms with Crippen molar-refractivity contribution in [3.63, 3.8) is 0 Å². The molecule has 4 aromatic rings. The fourth-order valence-corrected chi connectivity index (χ4v) is 5.26. The molecule has 2 heterocycles. The van der Waals surface area contributed by atoms with E-state index in [4.69, 9.17) is 18.9 Å². The van der Waals surface area contributed by atoms with Crippen LogP contribution in [0.5, 0.6) is 23.0 Å². The summed E-state index contributed by atoms with van der Waals surface area (Å²) in [6.45, 7) is -0.569. The van der Waals surface area contributed by atoms with Crippen molar-refractivity contribution in [1.82, 2.24) is 9.88 Å². The van der Waals surface area contributed by atoms with Gasteiger partial charge in [-0.25, -0.2) is 0 Å². The Bertz CT molecular complexity index is 1740. The Labute approximate surface area is 265 Å². The van der Waals surface area contributed by atoms with Crippen LogP contribution in [0, 0.1) is 0 Å². The van der Waals surface area contributed by atoms with Gasteiger partial charge in [-0.2, -0.15) is 0 Å². The van der Waals surface area contributed by atoms with Crippen molar-refractivity contribution in [2.45, 2.75) is 12.6 Å². The van der Waals surface area contributed by atoms with Crippen molar-refractivity contribution in [3.8, 4) is 23.0 Å². The Morgan fingerprint density at radius 2 is 1.57 bits per heavy atom. The van der Waals surface area contributed by atoms with Crippen LogP contribution >= 0.6 is 0 Å². The number of carbonyl (C=O) groups excluding carboxylic acids is 4. The number of anilines is 2. The van der Waals surface area contributed by atoms with E-state index in [1.807, 2.05) is 0 Å². The van der Waals surface area contributed by atoms with E-state index < -0.39 is 36.1 Å². The second-order valence-corrected chi connectivity index (χ2v) is 10.2. The number of hydrogen-bond acceptors (Lipinski definition) is 9. The first-order chi connectivity index (χ1) is 22.3. The van der Waals surface area contributed by atoms with E-state index in [1.165, 1.54) is 39.4 Å². The molecule has 46 heavy (non-hydrogen) atoms. The maximum atomic E-state index is 14.4. The molecule has 0 bridgehead atoms. The van der Waals surface area contributed by atoms with Gasteiger partial charge in [0.05, 0.1) is 39.7 Å². The maximum Gasteiger partial charge on any atom is 0.299 e. The summed E-state index contributed by atoms with van der Waals surface area (Å²) in [5.41, 5.74) is 1.93. The third kappa shape index (κ3) is 6.32. The molecule has 1 atom stereocenters. The fraction of sp³-hybridized carbons (Fsp3) is 0.206. The molecule has 0 spiro atoms. The fourth-order valence-electron chi connectivity index (χ4n) is 5.26. The van der Waals surface area contributed by atoms with E-state index in [0.717, 1.165) is 4.90 Å². The summed E-state index contributed by atoms with van der Waals surface area (Å²) in [7, 11) is 5.88. The van der Waals surface area contributed by atoms with Gasteiger partial charge in [-0.3, -0.25) is 29.1 Å². The highest BCUT2D eigenvalue weighted by atomic mass is 16.5. The Hall–Kier alpha value is -5.91. The minimum absolute atomic E-state index is 0.0678. The van der Waals surface area contributed by atoms with Crippen LogP contribution < -0.4 is 29.2 Å². The molecule has 1 aliphatic heterocycles. The van der Waals surface area contributed by atoms with E-state index in [0.29, 0.717) is 34.0 Å². The number of rotatable bonds is 12. The highest BCUT2D eigenvalue weighted by Gasteiger charge is 2.40. The van der Waals surface area contributed by atoms with Gasteiger partial charge in [-0.05, 0) is 65.7 Å². The third-order valence-corrected chi connectivity index (χ3v) is 7.49. The van der Waals surface area contributed by atoms with Crippen LogP contribution in [0.15, 0.2) is 85.2 Å². The number of fused-ring (bicyclic) bond motifs is 1. The highest BCUT2D eigenvalue weighted by Crippen LogP contribution is 2.41. The standard InChI is InChI=1S/C34H32N4O8/c1-43-24-13-11-23(12-14-24)36-33(41)30(22-16-27(44-2)32(46-4)28(17-22)45-3)38(19-21-8-7-15-35-18-21)29(39)20-37-26-10-6-5-9-25(26)31(40)34(37)42/h5-18,30H,19-20H2,1-4H3,(H,36,41). The average Bonchev–Trinajstić information content (AvgIpc) is 3.32. The predicted molar refractivity (Wildman–Crippen MR) is 168 cm³/mol. The normalized spacial score (nSPS) is 12.7. The molecule has 0 saturated carbocycles. The topological polar surface area (TPSA) is 137 Å². The molecule has 5 rings (SSSR count). The van der Waals surface area contributed by atoms with Crippen LogP contribution in [0.3, 0.4) is 0 Å². The number of nitrogens with zero attached hydrogens (tertiary/aromatic N) is 3. The first kappa shape index (κ1) is 31.5. The number of methoxy groups -OCH3 is 4. The molecule has 1 unspecified atom stereocenters. The summed E-state index contributed by atoms with van der Waals surface area (Å²) >= 11 is 0. The summed E-state index contributed by atoms with van der Waals surface area (Å²) in [6.07, 6.45) is 3.17. The molecule has 0 saturated heterocycles. The number of benzene rings is 3. The van der Waals surface area contributed by atoms with Crippen molar-refractivity contribution in [3.05, 3.63) is 102 Å². The monoisotopic (exact) mass is 624 g/mol. The Morgan fingerprint density at radius 3 is 2.17 bits per heavy atom. The van der Waals surface area contributed by atoms with Crippen LogP contribution in [0.2, 0.25) is 0 Å². The zero-order valence-corrected chi connectivity index (χ0v) is 25.7. The van der Waals surface area contributed by atoms with Gasteiger partial charge in [0.1, 0.15) is 18.3 Å². The quantitative estimate of drug-likeness (QED) is 0.232. The zero-order chi connectivity index (χ0) is 32.8. The van der Waals surface area contributed by atoms with Gasteiger partial charge in [0.25, 0.3) is 17.6 Å². The third-order valence-electron chi connectivity index (χ3n) is 7.49. The van der Waals surface area contributed by atoms with Gasteiger partial charge < -0.3 is 29.2 Å². The molecular formula is C34H32N4O8. The molecule has 0 fully saturated rings. The highest BCUT2D eigenvalue weighted by molar-refractivity contribution is 6.52. The number of aromatic nitrogens is 1. The summed E-state index contributed by atoms with van der Waals surface area (Å²) in [5.74, 6) is -1.29. The first-order valence-corrected chi connectivity index (χ1v) is 14.2. The molecule has 12 nitrogen and oxygen atoms in total. The van der Waals surface area contributed by atoms with Crippen LogP contribution in [0.25, 0.3) is 0 Å². The predicted octanol–water partition coefficient (Wildman–Crippen LogP) is 4.05. The lowest BCUT2D eigenvalue weighted by Crippen LogP contribution is -2.46. The molecule has 1 aliphatic rings. The molecular weight excluding hydrogens is 592 g/mol. The molecule has 3 amide bonds. The van der Waals surface area contributed by atoms with Crippen LogP contribution in [-0.4, -0.2) is 68.4 Å². The van der Waals surface area contributed by atoms with E-state index in [9.17, 15) is 19.2 Å². The molecule has 1 aromatic heterocycles. The largest absolute Gasteiger partial charge is 0.497 e. The van der Waals surface area contributed by atoms with E-state index in [-0.39, 0.29) is 23.6 Å². The lowest BCUT2D eigenvalue weighted by atomic mass is 10.0. The number of ketones is 1. The Balaban J connectivity index is 1.62.